The highest BCUT2D eigenvalue weighted by Gasteiger charge is 2.25. The summed E-state index contributed by atoms with van der Waals surface area (Å²) in [5.74, 6) is 0.797. The van der Waals surface area contributed by atoms with E-state index in [1.54, 1.807) is 17.8 Å². The quantitative estimate of drug-likeness (QED) is 0.424. The van der Waals surface area contributed by atoms with Gasteiger partial charge in [-0.05, 0) is 31.4 Å². The Balaban J connectivity index is 1.74. The molecule has 0 saturated heterocycles. The van der Waals surface area contributed by atoms with Crippen LogP contribution in [0, 0.1) is 0 Å². The van der Waals surface area contributed by atoms with E-state index in [9.17, 15) is 13.2 Å². The molecule has 3 N–H and O–H groups in total. The second-order valence-corrected chi connectivity index (χ2v) is 10.1. The van der Waals surface area contributed by atoms with Crippen molar-refractivity contribution >= 4 is 21.1 Å². The molecule has 0 radical (unpaired) electrons. The molecule has 3 aromatic rings. The molecule has 1 aliphatic rings. The number of fused-ring (bicyclic) bond motifs is 1. The van der Waals surface area contributed by atoms with Crippen molar-refractivity contribution in [1.29, 1.82) is 0 Å². The van der Waals surface area contributed by atoms with Gasteiger partial charge >= 0.3 is 0 Å². The van der Waals surface area contributed by atoms with Crippen molar-refractivity contribution in [2.45, 2.75) is 49.3 Å². The van der Waals surface area contributed by atoms with Gasteiger partial charge in [0.05, 0.1) is 23.3 Å². The van der Waals surface area contributed by atoms with Gasteiger partial charge in [-0.2, -0.15) is 5.10 Å². The summed E-state index contributed by atoms with van der Waals surface area (Å²) in [4.78, 5) is 20.6. The average molecular weight is 476 g/mol. The van der Waals surface area contributed by atoms with Crippen LogP contribution in [0.25, 0.3) is 22.4 Å². The summed E-state index contributed by atoms with van der Waals surface area (Å²) < 4.78 is 34.5. The molecule has 0 amide bonds. The zero-order valence-electron chi connectivity index (χ0n) is 18.8. The van der Waals surface area contributed by atoms with Crippen molar-refractivity contribution in [3.63, 3.8) is 0 Å². The van der Waals surface area contributed by atoms with Crippen LogP contribution in [-0.4, -0.2) is 53.5 Å². The summed E-state index contributed by atoms with van der Waals surface area (Å²) in [6.07, 6.45) is 5.82. The standard InChI is InChI=1S/C22H29N5O5S/c1-27-21-18(19(26-27)14-7-4-3-5-8-14)22(29)25-20(24-21)16-10-9-15(13-17(16)32-2)33(30,31)23-11-6-12-28/h9-10,13-14,23,28H,3-8,11-12H2,1-2H3,(H,24,25,29). The SMILES string of the molecule is COc1cc(S(=O)(=O)NCCCO)ccc1-c1nc2c(c(C3CCCCC3)nn2C)c(=O)[nH]1. The van der Waals surface area contributed by atoms with Gasteiger partial charge in [0.1, 0.15) is 17.0 Å². The lowest BCUT2D eigenvalue weighted by molar-refractivity contribution is 0.289. The van der Waals surface area contributed by atoms with Gasteiger partial charge in [-0.15, -0.1) is 0 Å². The Morgan fingerprint density at radius 3 is 2.73 bits per heavy atom. The summed E-state index contributed by atoms with van der Waals surface area (Å²) in [7, 11) is -0.570. The lowest BCUT2D eigenvalue weighted by Crippen LogP contribution is -2.25. The van der Waals surface area contributed by atoms with Crippen LogP contribution in [0.15, 0.2) is 27.9 Å². The number of aryl methyl sites for hydroxylation is 1. The van der Waals surface area contributed by atoms with E-state index in [0.29, 0.717) is 23.0 Å². The molecule has 1 aliphatic carbocycles. The van der Waals surface area contributed by atoms with E-state index in [1.807, 2.05) is 0 Å². The van der Waals surface area contributed by atoms with Crippen molar-refractivity contribution in [3.05, 3.63) is 34.2 Å². The number of aliphatic hydroxyl groups excluding tert-OH is 1. The third kappa shape index (κ3) is 4.66. The van der Waals surface area contributed by atoms with Gasteiger partial charge in [-0.25, -0.2) is 22.8 Å². The molecule has 4 rings (SSSR count). The molecule has 2 heterocycles. The largest absolute Gasteiger partial charge is 0.496 e. The van der Waals surface area contributed by atoms with E-state index in [1.165, 1.54) is 25.7 Å². The van der Waals surface area contributed by atoms with Crippen LogP contribution in [0.4, 0.5) is 0 Å². The lowest BCUT2D eigenvalue weighted by atomic mass is 9.86. The monoisotopic (exact) mass is 475 g/mol. The minimum atomic E-state index is -3.77. The molecular weight excluding hydrogens is 446 g/mol. The van der Waals surface area contributed by atoms with Gasteiger partial charge in [0, 0.05) is 32.2 Å². The number of hydrogen-bond acceptors (Lipinski definition) is 7. The zero-order valence-corrected chi connectivity index (χ0v) is 19.6. The van der Waals surface area contributed by atoms with E-state index < -0.39 is 10.0 Å². The predicted molar refractivity (Wildman–Crippen MR) is 124 cm³/mol. The number of rotatable bonds is 8. The molecule has 0 atom stereocenters. The third-order valence-corrected chi connectivity index (χ3v) is 7.54. The highest BCUT2D eigenvalue weighted by molar-refractivity contribution is 7.89. The smallest absolute Gasteiger partial charge is 0.262 e. The summed E-state index contributed by atoms with van der Waals surface area (Å²) in [5.41, 5.74) is 1.48. The van der Waals surface area contributed by atoms with E-state index in [-0.39, 0.29) is 41.1 Å². The van der Waals surface area contributed by atoms with Crippen LogP contribution in [0.5, 0.6) is 5.75 Å². The minimum Gasteiger partial charge on any atom is -0.496 e. The van der Waals surface area contributed by atoms with Gasteiger partial charge in [0.15, 0.2) is 5.65 Å². The van der Waals surface area contributed by atoms with Crippen LogP contribution >= 0.6 is 0 Å². The van der Waals surface area contributed by atoms with Crippen molar-refractivity contribution in [2.75, 3.05) is 20.3 Å². The molecule has 1 saturated carbocycles. The number of aromatic amines is 1. The van der Waals surface area contributed by atoms with Gasteiger partial charge in [-0.1, -0.05) is 19.3 Å². The Hall–Kier alpha value is -2.76. The third-order valence-electron chi connectivity index (χ3n) is 6.08. The first-order chi connectivity index (χ1) is 15.9. The molecule has 10 nitrogen and oxygen atoms in total. The first-order valence-corrected chi connectivity index (χ1v) is 12.6. The van der Waals surface area contributed by atoms with E-state index >= 15 is 0 Å². The number of H-pyrrole nitrogens is 1. The van der Waals surface area contributed by atoms with Gasteiger partial charge < -0.3 is 14.8 Å². The second-order valence-electron chi connectivity index (χ2n) is 8.29. The number of hydrogen-bond donors (Lipinski definition) is 3. The van der Waals surface area contributed by atoms with Gasteiger partial charge in [-0.3, -0.25) is 4.79 Å². The number of sulfonamides is 1. The molecular formula is C22H29N5O5S. The van der Waals surface area contributed by atoms with Crippen LogP contribution < -0.4 is 15.0 Å². The summed E-state index contributed by atoms with van der Waals surface area (Å²) in [5, 5.41) is 14.0. The Morgan fingerprint density at radius 2 is 2.03 bits per heavy atom. The normalized spacial score (nSPS) is 15.2. The maximum Gasteiger partial charge on any atom is 0.262 e. The average Bonchev–Trinajstić information content (AvgIpc) is 3.16. The van der Waals surface area contributed by atoms with Crippen molar-refractivity contribution in [2.24, 2.45) is 7.05 Å². The molecule has 33 heavy (non-hydrogen) atoms. The number of nitrogens with zero attached hydrogens (tertiary/aromatic N) is 3. The van der Waals surface area contributed by atoms with Crippen LogP contribution in [0.3, 0.4) is 0 Å². The molecule has 1 fully saturated rings. The van der Waals surface area contributed by atoms with Crippen LogP contribution in [0.2, 0.25) is 0 Å². The highest BCUT2D eigenvalue weighted by Crippen LogP contribution is 2.35. The Kier molecular flexibility index (Phi) is 6.82. The highest BCUT2D eigenvalue weighted by atomic mass is 32.2. The van der Waals surface area contributed by atoms with E-state index in [2.05, 4.69) is 19.8 Å². The first-order valence-electron chi connectivity index (χ1n) is 11.1. The Labute approximate surface area is 192 Å². The number of aliphatic hydroxyl groups is 1. The topological polar surface area (TPSA) is 139 Å². The molecule has 0 unspecified atom stereocenters. The van der Waals surface area contributed by atoms with Crippen molar-refractivity contribution in [1.82, 2.24) is 24.5 Å². The minimum absolute atomic E-state index is 0.0181. The summed E-state index contributed by atoms with van der Waals surface area (Å²) in [6, 6.07) is 4.37. The van der Waals surface area contributed by atoms with Crippen molar-refractivity contribution in [3.8, 4) is 17.1 Å². The molecule has 0 spiro atoms. The number of ether oxygens (including phenoxy) is 1. The lowest BCUT2D eigenvalue weighted by Gasteiger charge is -2.19. The molecule has 0 bridgehead atoms. The number of methoxy groups -OCH3 is 1. The van der Waals surface area contributed by atoms with Gasteiger partial charge in [0.2, 0.25) is 10.0 Å². The zero-order chi connectivity index (χ0) is 23.6. The fourth-order valence-corrected chi connectivity index (χ4v) is 5.47. The second kappa shape index (κ2) is 9.62. The molecule has 2 aromatic heterocycles. The van der Waals surface area contributed by atoms with Gasteiger partial charge in [0.25, 0.3) is 5.56 Å². The van der Waals surface area contributed by atoms with Crippen LogP contribution in [0.1, 0.15) is 50.1 Å². The molecule has 178 valence electrons. The number of aromatic nitrogens is 4. The predicted octanol–water partition coefficient (Wildman–Crippen LogP) is 2.04. The van der Waals surface area contributed by atoms with Crippen molar-refractivity contribution < 1.29 is 18.3 Å². The molecule has 0 aliphatic heterocycles. The Bertz CT molecular complexity index is 1310. The number of nitrogens with one attached hydrogen (secondary N) is 2. The number of benzene rings is 1. The molecule has 11 heteroatoms. The van der Waals surface area contributed by atoms with E-state index in [0.717, 1.165) is 31.4 Å². The summed E-state index contributed by atoms with van der Waals surface area (Å²) in [6.45, 7) is 0.0149. The maximum atomic E-state index is 13.1. The fraction of sp³-hybridized carbons (Fsp3) is 0.500. The van der Waals surface area contributed by atoms with Crippen LogP contribution in [-0.2, 0) is 17.1 Å². The molecule has 1 aromatic carbocycles. The maximum absolute atomic E-state index is 13.1. The summed E-state index contributed by atoms with van der Waals surface area (Å²) >= 11 is 0. The first kappa shape index (κ1) is 23.4. The fourth-order valence-electron chi connectivity index (χ4n) is 4.38. The van der Waals surface area contributed by atoms with E-state index in [4.69, 9.17) is 9.84 Å². The Morgan fingerprint density at radius 1 is 1.27 bits per heavy atom.